The topological polar surface area (TPSA) is 75.6 Å². The molecule has 0 spiro atoms. The van der Waals surface area contributed by atoms with E-state index in [0.717, 1.165) is 22.6 Å². The van der Waals surface area contributed by atoms with E-state index in [2.05, 4.69) is 9.97 Å². The normalized spacial score (nSPS) is 16.0. The number of nitrogens with zero attached hydrogens (tertiary/aromatic N) is 3. The summed E-state index contributed by atoms with van der Waals surface area (Å²) in [5.41, 5.74) is 1.34. The third-order valence-corrected chi connectivity index (χ3v) is 4.45. The SMILES string of the molecule is Cc1ccc2c(n1)Oc1nc(N(C)C)ccc1C2C(C)(C)C(=O)O. The van der Waals surface area contributed by atoms with Gasteiger partial charge in [0, 0.05) is 36.8 Å². The second kappa shape index (κ2) is 5.47. The van der Waals surface area contributed by atoms with Crippen LogP contribution < -0.4 is 9.64 Å². The van der Waals surface area contributed by atoms with Crippen LogP contribution in [0.2, 0.25) is 0 Å². The molecule has 0 fully saturated rings. The van der Waals surface area contributed by atoms with Crippen LogP contribution in [-0.4, -0.2) is 35.1 Å². The Hall–Kier alpha value is -2.63. The summed E-state index contributed by atoms with van der Waals surface area (Å²) in [4.78, 5) is 22.7. The molecule has 0 radical (unpaired) electrons. The number of hydrogen-bond acceptors (Lipinski definition) is 5. The lowest BCUT2D eigenvalue weighted by atomic mass is 9.71. The molecule has 6 nitrogen and oxygen atoms in total. The molecular formula is C18H21N3O3. The third kappa shape index (κ3) is 2.48. The zero-order valence-corrected chi connectivity index (χ0v) is 14.5. The van der Waals surface area contributed by atoms with Crippen molar-refractivity contribution in [3.63, 3.8) is 0 Å². The van der Waals surface area contributed by atoms with Crippen LogP contribution in [0.1, 0.15) is 36.6 Å². The molecule has 0 amide bonds. The van der Waals surface area contributed by atoms with Gasteiger partial charge in [-0.05, 0) is 39.0 Å². The summed E-state index contributed by atoms with van der Waals surface area (Å²) in [6.07, 6.45) is 0. The second-order valence-corrected chi connectivity index (χ2v) is 6.87. The van der Waals surface area contributed by atoms with Crippen LogP contribution in [0.4, 0.5) is 5.82 Å². The van der Waals surface area contributed by atoms with Gasteiger partial charge in [-0.25, -0.2) is 4.98 Å². The van der Waals surface area contributed by atoms with E-state index in [9.17, 15) is 9.90 Å². The van der Waals surface area contributed by atoms with Crippen LogP contribution >= 0.6 is 0 Å². The first-order valence-electron chi connectivity index (χ1n) is 7.79. The Morgan fingerprint density at radius 1 is 1.12 bits per heavy atom. The number of hydrogen-bond donors (Lipinski definition) is 1. The van der Waals surface area contributed by atoms with Crippen molar-refractivity contribution in [2.75, 3.05) is 19.0 Å². The molecule has 0 saturated heterocycles. The highest BCUT2D eigenvalue weighted by Gasteiger charge is 2.44. The molecule has 1 aliphatic rings. The van der Waals surface area contributed by atoms with Gasteiger partial charge in [0.25, 0.3) is 0 Å². The first kappa shape index (κ1) is 16.2. The molecule has 0 bridgehead atoms. The average Bonchev–Trinajstić information content (AvgIpc) is 2.51. The minimum absolute atomic E-state index is 0.384. The number of aromatic nitrogens is 2. The maximum atomic E-state index is 11.9. The molecule has 6 heteroatoms. The zero-order valence-electron chi connectivity index (χ0n) is 14.5. The summed E-state index contributed by atoms with van der Waals surface area (Å²) < 4.78 is 5.91. The number of aliphatic carboxylic acids is 1. The summed E-state index contributed by atoms with van der Waals surface area (Å²) in [7, 11) is 3.79. The highest BCUT2D eigenvalue weighted by molar-refractivity contribution is 5.77. The number of rotatable bonds is 3. The average molecular weight is 327 g/mol. The van der Waals surface area contributed by atoms with Crippen molar-refractivity contribution in [2.24, 2.45) is 5.41 Å². The number of anilines is 1. The minimum Gasteiger partial charge on any atom is -0.481 e. The standard InChI is InChI=1S/C18H21N3O3/c1-10-6-7-11-14(18(2,3)17(22)23)12-8-9-13(21(4)5)20-16(12)24-15(11)19-10/h6-9,14H,1-5H3,(H,22,23). The molecule has 24 heavy (non-hydrogen) atoms. The van der Waals surface area contributed by atoms with Crippen molar-refractivity contribution in [1.82, 2.24) is 9.97 Å². The van der Waals surface area contributed by atoms with Gasteiger partial charge in [0.1, 0.15) is 5.82 Å². The molecule has 126 valence electrons. The Labute approximate surface area is 141 Å². The van der Waals surface area contributed by atoms with E-state index in [1.165, 1.54) is 0 Å². The molecule has 1 atom stereocenters. The van der Waals surface area contributed by atoms with Gasteiger partial charge in [-0.3, -0.25) is 4.79 Å². The van der Waals surface area contributed by atoms with Gasteiger partial charge < -0.3 is 14.7 Å². The molecule has 2 aromatic rings. The van der Waals surface area contributed by atoms with Crippen LogP contribution in [0.3, 0.4) is 0 Å². The van der Waals surface area contributed by atoms with Crippen molar-refractivity contribution in [3.8, 4) is 11.8 Å². The van der Waals surface area contributed by atoms with Crippen molar-refractivity contribution >= 4 is 11.8 Å². The van der Waals surface area contributed by atoms with E-state index in [1.54, 1.807) is 13.8 Å². The molecule has 3 rings (SSSR count). The smallest absolute Gasteiger partial charge is 0.310 e. The highest BCUT2D eigenvalue weighted by Crippen LogP contribution is 2.51. The van der Waals surface area contributed by atoms with Gasteiger partial charge in [-0.2, -0.15) is 4.98 Å². The maximum Gasteiger partial charge on any atom is 0.310 e. The van der Waals surface area contributed by atoms with Crippen molar-refractivity contribution in [3.05, 3.63) is 41.1 Å². The predicted molar refractivity (Wildman–Crippen MR) is 90.9 cm³/mol. The van der Waals surface area contributed by atoms with Gasteiger partial charge in [0.2, 0.25) is 11.8 Å². The lowest BCUT2D eigenvalue weighted by Crippen LogP contribution is -2.34. The second-order valence-electron chi connectivity index (χ2n) is 6.87. The number of fused-ring (bicyclic) bond motifs is 2. The van der Waals surface area contributed by atoms with E-state index >= 15 is 0 Å². The van der Waals surface area contributed by atoms with Crippen LogP contribution in [0.25, 0.3) is 0 Å². The van der Waals surface area contributed by atoms with Crippen LogP contribution in [0.5, 0.6) is 11.8 Å². The predicted octanol–water partition coefficient (Wildman–Crippen LogP) is 3.20. The molecule has 1 N–H and O–H groups in total. The Morgan fingerprint density at radius 2 is 1.71 bits per heavy atom. The summed E-state index contributed by atoms with van der Waals surface area (Å²) in [6, 6.07) is 7.55. The highest BCUT2D eigenvalue weighted by atomic mass is 16.5. The molecule has 1 aliphatic heterocycles. The van der Waals surface area contributed by atoms with Gasteiger partial charge >= 0.3 is 5.97 Å². The summed E-state index contributed by atoms with van der Waals surface area (Å²) >= 11 is 0. The van der Waals surface area contributed by atoms with Gasteiger partial charge in [0.05, 0.1) is 5.41 Å². The molecule has 0 aromatic carbocycles. The monoisotopic (exact) mass is 327 g/mol. The Bertz CT molecular complexity index is 815. The fourth-order valence-electron chi connectivity index (χ4n) is 3.00. The minimum atomic E-state index is -1.02. The number of carboxylic acids is 1. The van der Waals surface area contributed by atoms with E-state index in [4.69, 9.17) is 4.74 Å². The molecule has 0 aliphatic carbocycles. The van der Waals surface area contributed by atoms with Crippen molar-refractivity contribution in [1.29, 1.82) is 0 Å². The number of carbonyl (C=O) groups is 1. The van der Waals surface area contributed by atoms with Crippen LogP contribution in [0.15, 0.2) is 24.3 Å². The lowest BCUT2D eigenvalue weighted by molar-refractivity contribution is -0.147. The number of pyridine rings is 2. The quantitative estimate of drug-likeness (QED) is 0.933. The molecule has 2 aromatic heterocycles. The lowest BCUT2D eigenvalue weighted by Gasteiger charge is -2.35. The van der Waals surface area contributed by atoms with E-state index in [-0.39, 0.29) is 5.92 Å². The first-order valence-corrected chi connectivity index (χ1v) is 7.79. The van der Waals surface area contributed by atoms with Crippen molar-refractivity contribution < 1.29 is 14.6 Å². The maximum absolute atomic E-state index is 11.9. The fraction of sp³-hybridized carbons (Fsp3) is 0.389. The molecule has 1 unspecified atom stereocenters. The summed E-state index contributed by atoms with van der Waals surface area (Å²) in [6.45, 7) is 5.32. The van der Waals surface area contributed by atoms with E-state index < -0.39 is 11.4 Å². The third-order valence-electron chi connectivity index (χ3n) is 4.45. The molecule has 3 heterocycles. The van der Waals surface area contributed by atoms with Crippen molar-refractivity contribution in [2.45, 2.75) is 26.7 Å². The molecular weight excluding hydrogens is 306 g/mol. The first-order chi connectivity index (χ1) is 11.2. The Balaban J connectivity index is 2.24. The number of carboxylic acid groups (broad SMARTS) is 1. The van der Waals surface area contributed by atoms with Gasteiger partial charge in [0.15, 0.2) is 0 Å². The molecule has 0 saturated carbocycles. The van der Waals surface area contributed by atoms with E-state index in [1.807, 2.05) is 50.2 Å². The van der Waals surface area contributed by atoms with Gasteiger partial charge in [-0.15, -0.1) is 0 Å². The summed E-state index contributed by atoms with van der Waals surface area (Å²) in [5, 5.41) is 9.75. The van der Waals surface area contributed by atoms with Gasteiger partial charge in [-0.1, -0.05) is 6.07 Å². The van der Waals surface area contributed by atoms with Crippen LogP contribution in [0, 0.1) is 12.3 Å². The number of aryl methyl sites for hydroxylation is 1. The zero-order chi connectivity index (χ0) is 17.6. The Kier molecular flexibility index (Phi) is 3.70. The number of ether oxygens (including phenoxy) is 1. The van der Waals surface area contributed by atoms with E-state index in [0.29, 0.717) is 11.8 Å². The Morgan fingerprint density at radius 3 is 2.29 bits per heavy atom. The fourth-order valence-corrected chi connectivity index (χ4v) is 3.00. The largest absolute Gasteiger partial charge is 0.481 e. The van der Waals surface area contributed by atoms with Crippen LogP contribution in [-0.2, 0) is 4.79 Å². The summed E-state index contributed by atoms with van der Waals surface area (Å²) in [5.74, 6) is 0.349.